The van der Waals surface area contributed by atoms with E-state index in [-0.39, 0.29) is 23.0 Å². The highest BCUT2D eigenvalue weighted by Crippen LogP contribution is 2.44. The summed E-state index contributed by atoms with van der Waals surface area (Å²) in [4.78, 5) is 0. The molecular weight excluding hydrogens is 416 g/mol. The first-order valence-corrected chi connectivity index (χ1v) is 12.4. The normalized spacial score (nSPS) is 20.2. The van der Waals surface area contributed by atoms with Gasteiger partial charge in [-0.1, -0.05) is 50.2 Å². The van der Waals surface area contributed by atoms with Crippen LogP contribution < -0.4 is 9.47 Å². The summed E-state index contributed by atoms with van der Waals surface area (Å²) in [5, 5.41) is 0. The second-order valence-electron chi connectivity index (χ2n) is 9.43. The lowest BCUT2D eigenvalue weighted by Crippen LogP contribution is -2.58. The van der Waals surface area contributed by atoms with Crippen LogP contribution in [0.15, 0.2) is 60.7 Å². The summed E-state index contributed by atoms with van der Waals surface area (Å²) >= 11 is 0. The van der Waals surface area contributed by atoms with Crippen molar-refractivity contribution < 1.29 is 23.7 Å². The van der Waals surface area contributed by atoms with Gasteiger partial charge < -0.3 is 23.7 Å². The highest BCUT2D eigenvalue weighted by molar-refractivity contribution is 5.21. The summed E-state index contributed by atoms with van der Waals surface area (Å²) in [5.74, 6) is 1.80. The average molecular weight is 455 g/mol. The largest absolute Gasteiger partial charge is 0.493 e. The average Bonchev–Trinajstić information content (AvgIpc) is 2.79. The van der Waals surface area contributed by atoms with E-state index >= 15 is 0 Å². The van der Waals surface area contributed by atoms with Crippen molar-refractivity contribution in [1.82, 2.24) is 0 Å². The standard InChI is InChI=1S/C28H38O5/c1-3-27(19-29-20-27)25(15-17-31-23-11-7-5-8-12-23)33-26(28(4-2)21-30-22-28)16-18-32-24-13-9-6-10-14-24/h5-14,25-26H,3-4,15-22H2,1-2H3. The van der Waals surface area contributed by atoms with E-state index in [0.717, 1.165) is 63.6 Å². The van der Waals surface area contributed by atoms with E-state index in [1.807, 2.05) is 60.7 Å². The molecule has 2 fully saturated rings. The number of ether oxygens (including phenoxy) is 5. The minimum absolute atomic E-state index is 0.0537. The zero-order valence-electron chi connectivity index (χ0n) is 20.0. The van der Waals surface area contributed by atoms with Crippen molar-refractivity contribution in [1.29, 1.82) is 0 Å². The van der Waals surface area contributed by atoms with Crippen LogP contribution in [-0.4, -0.2) is 51.8 Å². The molecule has 0 radical (unpaired) electrons. The van der Waals surface area contributed by atoms with E-state index in [1.165, 1.54) is 0 Å². The summed E-state index contributed by atoms with van der Waals surface area (Å²) in [7, 11) is 0. The van der Waals surface area contributed by atoms with Gasteiger partial charge in [0.25, 0.3) is 0 Å². The van der Waals surface area contributed by atoms with Crippen LogP contribution in [0.2, 0.25) is 0 Å². The third-order valence-corrected chi connectivity index (χ3v) is 7.44. The zero-order chi connectivity index (χ0) is 23.0. The first kappa shape index (κ1) is 24.1. The van der Waals surface area contributed by atoms with Gasteiger partial charge in [0, 0.05) is 23.7 Å². The maximum Gasteiger partial charge on any atom is 0.119 e. The van der Waals surface area contributed by atoms with Gasteiger partial charge in [0.2, 0.25) is 0 Å². The highest BCUT2D eigenvalue weighted by atomic mass is 16.5. The van der Waals surface area contributed by atoms with Gasteiger partial charge in [-0.25, -0.2) is 0 Å². The SMILES string of the molecule is CCC1(C(CCOc2ccccc2)OC(CCOc2ccccc2)C2(CC)COC2)COC1. The lowest BCUT2D eigenvalue weighted by Gasteiger charge is -2.52. The minimum atomic E-state index is 0.0537. The molecule has 0 aliphatic carbocycles. The van der Waals surface area contributed by atoms with Crippen LogP contribution in [0.3, 0.4) is 0 Å². The van der Waals surface area contributed by atoms with Crippen LogP contribution in [-0.2, 0) is 14.2 Å². The molecule has 2 aromatic rings. The van der Waals surface area contributed by atoms with Crippen LogP contribution >= 0.6 is 0 Å². The Labute approximate surface area is 198 Å². The molecule has 2 aliphatic rings. The number of hydrogen-bond acceptors (Lipinski definition) is 5. The van der Waals surface area contributed by atoms with Crippen LogP contribution in [0.25, 0.3) is 0 Å². The van der Waals surface area contributed by atoms with E-state index in [4.69, 9.17) is 23.7 Å². The Morgan fingerprint density at radius 1 is 0.667 bits per heavy atom. The first-order valence-electron chi connectivity index (χ1n) is 12.4. The van der Waals surface area contributed by atoms with Gasteiger partial charge in [-0.05, 0) is 37.1 Å². The van der Waals surface area contributed by atoms with Crippen LogP contribution in [0.4, 0.5) is 0 Å². The van der Waals surface area contributed by atoms with Crippen LogP contribution in [0, 0.1) is 10.8 Å². The number of rotatable bonds is 14. The van der Waals surface area contributed by atoms with Gasteiger partial charge in [-0.3, -0.25) is 0 Å². The quantitative estimate of drug-likeness (QED) is 0.375. The Morgan fingerprint density at radius 3 is 1.36 bits per heavy atom. The van der Waals surface area contributed by atoms with E-state index < -0.39 is 0 Å². The molecule has 2 heterocycles. The van der Waals surface area contributed by atoms with Crippen molar-refractivity contribution >= 4 is 0 Å². The van der Waals surface area contributed by atoms with E-state index in [2.05, 4.69) is 13.8 Å². The summed E-state index contributed by atoms with van der Waals surface area (Å²) in [6, 6.07) is 20.0. The lowest BCUT2D eigenvalue weighted by molar-refractivity contribution is -0.253. The van der Waals surface area contributed by atoms with E-state index in [9.17, 15) is 0 Å². The molecule has 33 heavy (non-hydrogen) atoms. The molecule has 5 nitrogen and oxygen atoms in total. The zero-order valence-corrected chi connectivity index (χ0v) is 20.0. The Morgan fingerprint density at radius 2 is 1.06 bits per heavy atom. The monoisotopic (exact) mass is 454 g/mol. The fourth-order valence-electron chi connectivity index (χ4n) is 4.80. The van der Waals surface area contributed by atoms with Crippen molar-refractivity contribution in [3.05, 3.63) is 60.7 Å². The summed E-state index contributed by atoms with van der Waals surface area (Å²) < 4.78 is 30.5. The maximum atomic E-state index is 7.00. The van der Waals surface area contributed by atoms with Crippen molar-refractivity contribution in [2.24, 2.45) is 10.8 Å². The highest BCUT2D eigenvalue weighted by Gasteiger charge is 2.50. The number of benzene rings is 2. The predicted octanol–water partition coefficient (Wildman–Crippen LogP) is 5.53. The second-order valence-corrected chi connectivity index (χ2v) is 9.43. The molecule has 0 saturated carbocycles. The predicted molar refractivity (Wildman–Crippen MR) is 129 cm³/mol. The molecule has 2 aromatic carbocycles. The van der Waals surface area contributed by atoms with Crippen molar-refractivity contribution in [3.63, 3.8) is 0 Å². The number of para-hydroxylation sites is 2. The van der Waals surface area contributed by atoms with E-state index in [0.29, 0.717) is 13.2 Å². The van der Waals surface area contributed by atoms with Crippen molar-refractivity contribution in [2.75, 3.05) is 39.6 Å². The molecule has 4 rings (SSSR count). The smallest absolute Gasteiger partial charge is 0.119 e. The van der Waals surface area contributed by atoms with E-state index in [1.54, 1.807) is 0 Å². The third kappa shape index (κ3) is 5.71. The molecule has 2 aliphatic heterocycles. The Hall–Kier alpha value is -2.08. The minimum Gasteiger partial charge on any atom is -0.493 e. The first-order chi connectivity index (χ1) is 16.2. The van der Waals surface area contributed by atoms with Crippen molar-refractivity contribution in [2.45, 2.75) is 51.7 Å². The molecule has 0 N–H and O–H groups in total. The summed E-state index contributed by atoms with van der Waals surface area (Å²) in [6.07, 6.45) is 3.89. The third-order valence-electron chi connectivity index (χ3n) is 7.44. The molecule has 0 bridgehead atoms. The van der Waals surface area contributed by atoms with Crippen molar-refractivity contribution in [3.8, 4) is 11.5 Å². The van der Waals surface area contributed by atoms with Crippen LogP contribution in [0.5, 0.6) is 11.5 Å². The Bertz CT molecular complexity index is 736. The molecule has 180 valence electrons. The Balaban J connectivity index is 1.43. The number of hydrogen-bond donors (Lipinski definition) is 0. The molecule has 2 saturated heterocycles. The lowest BCUT2D eigenvalue weighted by atomic mass is 9.73. The maximum absolute atomic E-state index is 7.00. The van der Waals surface area contributed by atoms with Gasteiger partial charge in [-0.2, -0.15) is 0 Å². The van der Waals surface area contributed by atoms with Gasteiger partial charge in [0.05, 0.1) is 51.8 Å². The molecular formula is C28H38O5. The fourth-order valence-corrected chi connectivity index (χ4v) is 4.80. The van der Waals surface area contributed by atoms with Gasteiger partial charge >= 0.3 is 0 Å². The molecule has 2 unspecified atom stereocenters. The molecule has 0 aromatic heterocycles. The molecule has 2 atom stereocenters. The van der Waals surface area contributed by atoms with Gasteiger partial charge in [0.1, 0.15) is 11.5 Å². The summed E-state index contributed by atoms with van der Waals surface area (Å²) in [6.45, 7) is 8.74. The molecule has 0 spiro atoms. The molecule has 0 amide bonds. The second kappa shape index (κ2) is 11.4. The summed E-state index contributed by atoms with van der Waals surface area (Å²) in [5.41, 5.74) is 0.107. The molecule has 5 heteroatoms. The Kier molecular flexibility index (Phi) is 8.29. The topological polar surface area (TPSA) is 46.2 Å². The van der Waals surface area contributed by atoms with Gasteiger partial charge in [-0.15, -0.1) is 0 Å². The van der Waals surface area contributed by atoms with Crippen LogP contribution in [0.1, 0.15) is 39.5 Å². The van der Waals surface area contributed by atoms with Gasteiger partial charge in [0.15, 0.2) is 0 Å². The fraction of sp³-hybridized carbons (Fsp3) is 0.571.